The number of aromatic nitrogens is 1. The Morgan fingerprint density at radius 2 is 2.31 bits per heavy atom. The average molecular weight is 219 g/mol. The minimum Gasteiger partial charge on any atom is -0.350 e. The lowest BCUT2D eigenvalue weighted by Crippen LogP contribution is -2.20. The molecule has 0 aliphatic carbocycles. The Labute approximate surface area is 98.1 Å². The van der Waals surface area contributed by atoms with Crippen molar-refractivity contribution in [2.24, 2.45) is 0 Å². The molecule has 0 spiro atoms. The van der Waals surface area contributed by atoms with E-state index in [-0.39, 0.29) is 0 Å². The Bertz CT molecular complexity index is 335. The van der Waals surface area contributed by atoms with Crippen molar-refractivity contribution in [3.05, 3.63) is 24.0 Å². The molecule has 0 amide bonds. The SMILES string of the molecule is CCNC(C)c1cccn1CCCCC#N. The molecule has 1 aromatic heterocycles. The fourth-order valence-corrected chi connectivity index (χ4v) is 1.92. The summed E-state index contributed by atoms with van der Waals surface area (Å²) < 4.78 is 2.28. The fourth-order valence-electron chi connectivity index (χ4n) is 1.92. The van der Waals surface area contributed by atoms with Gasteiger partial charge in [0.1, 0.15) is 0 Å². The Morgan fingerprint density at radius 3 is 3.00 bits per heavy atom. The first-order valence-electron chi connectivity index (χ1n) is 6.05. The third-order valence-corrected chi connectivity index (χ3v) is 2.76. The van der Waals surface area contributed by atoms with Gasteiger partial charge in [0, 0.05) is 30.9 Å². The Morgan fingerprint density at radius 1 is 1.50 bits per heavy atom. The maximum absolute atomic E-state index is 8.47. The third-order valence-electron chi connectivity index (χ3n) is 2.76. The predicted octanol–water partition coefficient (Wildman–Crippen LogP) is 2.85. The molecule has 1 heterocycles. The van der Waals surface area contributed by atoms with Crippen LogP contribution in [0, 0.1) is 11.3 Å². The van der Waals surface area contributed by atoms with E-state index < -0.39 is 0 Å². The Balaban J connectivity index is 2.47. The summed E-state index contributed by atoms with van der Waals surface area (Å²) in [6, 6.07) is 6.84. The van der Waals surface area contributed by atoms with Crippen molar-refractivity contribution in [1.29, 1.82) is 5.26 Å². The van der Waals surface area contributed by atoms with Crippen LogP contribution in [-0.2, 0) is 6.54 Å². The normalized spacial score (nSPS) is 12.3. The topological polar surface area (TPSA) is 40.8 Å². The molecule has 0 aliphatic rings. The van der Waals surface area contributed by atoms with Gasteiger partial charge >= 0.3 is 0 Å². The van der Waals surface area contributed by atoms with Crippen LogP contribution in [0.3, 0.4) is 0 Å². The maximum atomic E-state index is 8.47. The van der Waals surface area contributed by atoms with E-state index in [9.17, 15) is 0 Å². The van der Waals surface area contributed by atoms with E-state index in [1.54, 1.807) is 0 Å². The molecule has 0 aliphatic heterocycles. The van der Waals surface area contributed by atoms with Crippen LogP contribution in [0.25, 0.3) is 0 Å². The van der Waals surface area contributed by atoms with Crippen LogP contribution in [0.4, 0.5) is 0 Å². The molecule has 0 saturated heterocycles. The predicted molar refractivity (Wildman–Crippen MR) is 66.0 cm³/mol. The first-order valence-corrected chi connectivity index (χ1v) is 6.05. The first-order chi connectivity index (χ1) is 7.79. The standard InChI is InChI=1S/C13H21N3/c1-3-15-12(2)13-8-7-11-16(13)10-6-4-5-9-14/h7-8,11-12,15H,3-6,10H2,1-2H3. The molecule has 0 bridgehead atoms. The zero-order chi connectivity index (χ0) is 11.8. The molecular formula is C13H21N3. The minimum absolute atomic E-state index is 0.399. The van der Waals surface area contributed by atoms with E-state index in [1.807, 2.05) is 0 Å². The zero-order valence-corrected chi connectivity index (χ0v) is 10.2. The summed E-state index contributed by atoms with van der Waals surface area (Å²) in [5.74, 6) is 0. The monoisotopic (exact) mass is 219 g/mol. The average Bonchev–Trinajstić information content (AvgIpc) is 2.73. The van der Waals surface area contributed by atoms with Crippen molar-refractivity contribution in [2.75, 3.05) is 6.54 Å². The van der Waals surface area contributed by atoms with Crippen LogP contribution < -0.4 is 5.32 Å². The van der Waals surface area contributed by atoms with Gasteiger partial charge in [-0.2, -0.15) is 5.26 Å². The quantitative estimate of drug-likeness (QED) is 0.716. The number of hydrogen-bond acceptors (Lipinski definition) is 2. The van der Waals surface area contributed by atoms with Crippen LogP contribution in [0.2, 0.25) is 0 Å². The van der Waals surface area contributed by atoms with Crippen LogP contribution >= 0.6 is 0 Å². The Hall–Kier alpha value is -1.27. The van der Waals surface area contributed by atoms with Crippen LogP contribution in [0.5, 0.6) is 0 Å². The van der Waals surface area contributed by atoms with Gasteiger partial charge in [-0.1, -0.05) is 6.92 Å². The molecule has 1 unspecified atom stereocenters. The lowest BCUT2D eigenvalue weighted by molar-refractivity contribution is 0.524. The highest BCUT2D eigenvalue weighted by Crippen LogP contribution is 2.14. The van der Waals surface area contributed by atoms with Gasteiger partial charge in [-0.3, -0.25) is 0 Å². The summed E-state index contributed by atoms with van der Waals surface area (Å²) in [5, 5.41) is 11.9. The van der Waals surface area contributed by atoms with Crippen molar-refractivity contribution in [3.8, 4) is 6.07 Å². The number of unbranched alkanes of at least 4 members (excludes halogenated alkanes) is 2. The van der Waals surface area contributed by atoms with Crippen LogP contribution in [-0.4, -0.2) is 11.1 Å². The lowest BCUT2D eigenvalue weighted by atomic mass is 10.2. The molecule has 3 heteroatoms. The molecule has 1 N–H and O–H groups in total. The summed E-state index contributed by atoms with van der Waals surface area (Å²) in [6.45, 7) is 6.31. The first kappa shape index (κ1) is 12.8. The van der Waals surface area contributed by atoms with Gasteiger partial charge in [0.2, 0.25) is 0 Å². The molecule has 0 saturated carbocycles. The van der Waals surface area contributed by atoms with Gasteiger partial charge in [-0.15, -0.1) is 0 Å². The van der Waals surface area contributed by atoms with E-state index in [0.29, 0.717) is 12.5 Å². The van der Waals surface area contributed by atoms with Crippen molar-refractivity contribution in [1.82, 2.24) is 9.88 Å². The van der Waals surface area contributed by atoms with E-state index in [1.165, 1.54) is 5.69 Å². The highest BCUT2D eigenvalue weighted by molar-refractivity contribution is 5.11. The highest BCUT2D eigenvalue weighted by atomic mass is 15.0. The summed E-state index contributed by atoms with van der Waals surface area (Å²) >= 11 is 0. The summed E-state index contributed by atoms with van der Waals surface area (Å²) in [4.78, 5) is 0. The Kier molecular flexibility index (Phi) is 5.66. The molecule has 1 rings (SSSR count). The van der Waals surface area contributed by atoms with E-state index in [4.69, 9.17) is 5.26 Å². The van der Waals surface area contributed by atoms with E-state index >= 15 is 0 Å². The van der Waals surface area contributed by atoms with E-state index in [0.717, 1.165) is 25.9 Å². The van der Waals surface area contributed by atoms with Gasteiger partial charge in [0.15, 0.2) is 0 Å². The lowest BCUT2D eigenvalue weighted by Gasteiger charge is -2.16. The number of nitriles is 1. The second-order valence-corrected chi connectivity index (χ2v) is 4.02. The maximum Gasteiger partial charge on any atom is 0.0621 e. The molecule has 1 atom stereocenters. The highest BCUT2D eigenvalue weighted by Gasteiger charge is 2.07. The molecule has 0 aromatic carbocycles. The molecule has 0 fully saturated rings. The molecule has 88 valence electrons. The largest absolute Gasteiger partial charge is 0.350 e. The number of aryl methyl sites for hydroxylation is 1. The molecular weight excluding hydrogens is 198 g/mol. The summed E-state index contributed by atoms with van der Waals surface area (Å²) in [6.07, 6.45) is 4.85. The van der Waals surface area contributed by atoms with Crippen molar-refractivity contribution < 1.29 is 0 Å². The number of nitrogens with zero attached hydrogens (tertiary/aromatic N) is 2. The second-order valence-electron chi connectivity index (χ2n) is 4.02. The molecule has 16 heavy (non-hydrogen) atoms. The third kappa shape index (κ3) is 3.71. The van der Waals surface area contributed by atoms with Crippen molar-refractivity contribution >= 4 is 0 Å². The van der Waals surface area contributed by atoms with Crippen LogP contribution in [0.1, 0.15) is 44.8 Å². The summed E-state index contributed by atoms with van der Waals surface area (Å²) in [5.41, 5.74) is 1.33. The number of hydrogen-bond donors (Lipinski definition) is 1. The van der Waals surface area contributed by atoms with Crippen molar-refractivity contribution in [3.63, 3.8) is 0 Å². The van der Waals surface area contributed by atoms with Crippen LogP contribution in [0.15, 0.2) is 18.3 Å². The summed E-state index contributed by atoms with van der Waals surface area (Å²) in [7, 11) is 0. The fraction of sp³-hybridized carbons (Fsp3) is 0.615. The molecule has 3 nitrogen and oxygen atoms in total. The molecule has 1 aromatic rings. The van der Waals surface area contributed by atoms with Gasteiger partial charge in [0.05, 0.1) is 6.07 Å². The van der Waals surface area contributed by atoms with Gasteiger partial charge in [-0.05, 0) is 38.4 Å². The second kappa shape index (κ2) is 7.08. The molecule has 0 radical (unpaired) electrons. The zero-order valence-electron chi connectivity index (χ0n) is 10.2. The number of nitrogens with one attached hydrogen (secondary N) is 1. The van der Waals surface area contributed by atoms with Gasteiger partial charge in [-0.25, -0.2) is 0 Å². The minimum atomic E-state index is 0.399. The van der Waals surface area contributed by atoms with Crippen molar-refractivity contribution in [2.45, 2.75) is 45.7 Å². The number of rotatable bonds is 7. The van der Waals surface area contributed by atoms with Gasteiger partial charge < -0.3 is 9.88 Å². The van der Waals surface area contributed by atoms with Gasteiger partial charge in [0.25, 0.3) is 0 Å². The smallest absolute Gasteiger partial charge is 0.0621 e. The van der Waals surface area contributed by atoms with E-state index in [2.05, 4.69) is 48.1 Å².